The third kappa shape index (κ3) is 3.48. The molecule has 0 atom stereocenters. The van der Waals surface area contributed by atoms with Gasteiger partial charge in [0.05, 0.1) is 22.3 Å². The molecule has 0 spiro atoms. The Kier molecular flexibility index (Phi) is 6.41. The maximum Gasteiger partial charge on any atom is 0.133 e. The van der Waals surface area contributed by atoms with Gasteiger partial charge in [0.1, 0.15) is 23.8 Å². The van der Waals surface area contributed by atoms with Crippen LogP contribution in [0.2, 0.25) is 0 Å². The van der Waals surface area contributed by atoms with E-state index in [1.807, 2.05) is 0 Å². The molecule has 0 saturated carbocycles. The van der Waals surface area contributed by atoms with Gasteiger partial charge in [-0.3, -0.25) is 0 Å². The van der Waals surface area contributed by atoms with Gasteiger partial charge in [0.2, 0.25) is 0 Å². The molecular formula is C12H4O4W. The fraction of sp³-hybridized carbons (Fsp3) is 0. The number of hydrogen-bond acceptors (Lipinski definition) is 4. The van der Waals surface area contributed by atoms with Crippen LogP contribution in [0, 0.1) is 0 Å². The molecule has 0 aromatic heterocycles. The molecule has 0 unspecified atom stereocenters. The van der Waals surface area contributed by atoms with Gasteiger partial charge in [-0.05, 0) is 24.3 Å². The Morgan fingerprint density at radius 1 is 0.529 bits per heavy atom. The van der Waals surface area contributed by atoms with E-state index in [9.17, 15) is 19.2 Å². The molecule has 0 N–H and O–H groups in total. The number of rotatable bonds is 0. The van der Waals surface area contributed by atoms with Crippen molar-refractivity contribution < 1.29 is 40.2 Å². The van der Waals surface area contributed by atoms with Crippen LogP contribution in [0.1, 0.15) is 0 Å². The molecule has 1 aliphatic rings. The van der Waals surface area contributed by atoms with Crippen LogP contribution < -0.4 is 0 Å². The van der Waals surface area contributed by atoms with Gasteiger partial charge in [-0.15, -0.1) is 0 Å². The van der Waals surface area contributed by atoms with Gasteiger partial charge in [-0.1, -0.05) is 0 Å². The molecule has 1 aliphatic carbocycles. The second-order valence-electron chi connectivity index (χ2n) is 2.73. The van der Waals surface area contributed by atoms with Gasteiger partial charge < -0.3 is 0 Å². The van der Waals surface area contributed by atoms with Crippen molar-refractivity contribution in [3.8, 4) is 0 Å². The minimum absolute atomic E-state index is 0. The Balaban J connectivity index is 0.00000256. The topological polar surface area (TPSA) is 68.3 Å². The van der Waals surface area contributed by atoms with Crippen molar-refractivity contribution in [3.63, 3.8) is 0 Å². The zero-order valence-electron chi connectivity index (χ0n) is 8.35. The molecule has 1 rings (SSSR count). The Morgan fingerprint density at radius 2 is 0.706 bits per heavy atom. The van der Waals surface area contributed by atoms with E-state index in [4.69, 9.17) is 0 Å². The standard InChI is InChI=1S/C12H4O4.W/c13-5-9-1-2-10(6-14)12(8-16)4-3-11(9)7-15;/h1-4H;. The van der Waals surface area contributed by atoms with E-state index < -0.39 is 0 Å². The summed E-state index contributed by atoms with van der Waals surface area (Å²) in [5, 5.41) is 0. The Hall–Kier alpha value is -2.03. The summed E-state index contributed by atoms with van der Waals surface area (Å²) in [5.41, 5.74) is -0.208. The van der Waals surface area contributed by atoms with Crippen molar-refractivity contribution in [3.05, 3.63) is 46.6 Å². The van der Waals surface area contributed by atoms with Gasteiger partial charge in [-0.2, -0.15) is 0 Å². The van der Waals surface area contributed by atoms with E-state index in [2.05, 4.69) is 0 Å². The number of hydrogen-bond donors (Lipinski definition) is 0. The van der Waals surface area contributed by atoms with Crippen LogP contribution in [0.25, 0.3) is 0 Å². The van der Waals surface area contributed by atoms with Crippen LogP contribution in [0.15, 0.2) is 46.6 Å². The van der Waals surface area contributed by atoms with Crippen LogP contribution in [-0.4, -0.2) is 23.8 Å². The van der Waals surface area contributed by atoms with E-state index in [0.717, 1.165) is 0 Å². The van der Waals surface area contributed by atoms with Gasteiger partial charge >= 0.3 is 0 Å². The molecule has 0 amide bonds. The predicted octanol–water partition coefficient (Wildman–Crippen LogP) is 0.142. The summed E-state index contributed by atoms with van der Waals surface area (Å²) in [6.45, 7) is 0. The van der Waals surface area contributed by atoms with Gasteiger partial charge in [0.25, 0.3) is 0 Å². The quantitative estimate of drug-likeness (QED) is 0.547. The Morgan fingerprint density at radius 3 is 0.824 bits per heavy atom. The summed E-state index contributed by atoms with van der Waals surface area (Å²) in [6, 6.07) is 0. The first-order chi connectivity index (χ1) is 7.76. The maximum absolute atomic E-state index is 10.5. The summed E-state index contributed by atoms with van der Waals surface area (Å²) in [7, 11) is 0. The normalized spacial score (nSPS) is 13.6. The van der Waals surface area contributed by atoms with Crippen LogP contribution in [0.4, 0.5) is 0 Å². The monoisotopic (exact) mass is 396 g/mol. The first-order valence-corrected chi connectivity index (χ1v) is 4.14. The largest absolute Gasteiger partial charge is 0.233 e. The van der Waals surface area contributed by atoms with Crippen LogP contribution >= 0.6 is 0 Å². The van der Waals surface area contributed by atoms with Gasteiger partial charge in [-0.25, -0.2) is 19.2 Å². The second-order valence-corrected chi connectivity index (χ2v) is 2.73. The summed E-state index contributed by atoms with van der Waals surface area (Å²) in [5.74, 6) is 6.11. The van der Waals surface area contributed by atoms with E-state index >= 15 is 0 Å². The van der Waals surface area contributed by atoms with Gasteiger partial charge in [0.15, 0.2) is 0 Å². The SMILES string of the molecule is O=C=C1C=CC(=C=O)C(=C=O)C=CC1=C=O.[W]. The molecule has 0 fully saturated rings. The minimum Gasteiger partial charge on any atom is -0.233 e. The fourth-order valence-electron chi connectivity index (χ4n) is 1.05. The Labute approximate surface area is 111 Å². The molecule has 4 nitrogen and oxygen atoms in total. The van der Waals surface area contributed by atoms with Crippen LogP contribution in [0.3, 0.4) is 0 Å². The van der Waals surface area contributed by atoms with E-state index in [1.54, 1.807) is 0 Å². The summed E-state index contributed by atoms with van der Waals surface area (Å²) < 4.78 is 0. The smallest absolute Gasteiger partial charge is 0.133 e. The Bertz CT molecular complexity index is 478. The molecule has 0 heterocycles. The molecule has 0 aromatic rings. The zero-order chi connectivity index (χ0) is 12.0. The van der Waals surface area contributed by atoms with E-state index in [1.165, 1.54) is 48.1 Å². The first kappa shape index (κ1) is 15.0. The van der Waals surface area contributed by atoms with Crippen molar-refractivity contribution in [2.24, 2.45) is 0 Å². The fourth-order valence-corrected chi connectivity index (χ4v) is 1.05. The third-order valence-electron chi connectivity index (χ3n) is 1.85. The third-order valence-corrected chi connectivity index (χ3v) is 1.85. The summed E-state index contributed by atoms with van der Waals surface area (Å²) >= 11 is 0. The average molecular weight is 396 g/mol. The molecule has 0 bridgehead atoms. The second kappa shape index (κ2) is 7.28. The first-order valence-electron chi connectivity index (χ1n) is 4.14. The maximum atomic E-state index is 10.5. The molecular weight excluding hydrogens is 392 g/mol. The van der Waals surface area contributed by atoms with Crippen molar-refractivity contribution in [2.45, 2.75) is 0 Å². The van der Waals surface area contributed by atoms with Crippen molar-refractivity contribution >= 4 is 23.8 Å². The summed E-state index contributed by atoms with van der Waals surface area (Å²) in [4.78, 5) is 42.0. The van der Waals surface area contributed by atoms with E-state index in [-0.39, 0.29) is 43.4 Å². The van der Waals surface area contributed by atoms with Crippen LogP contribution in [0.5, 0.6) is 0 Å². The minimum atomic E-state index is -0.0519. The molecule has 0 aromatic carbocycles. The number of carbonyl (C=O) groups excluding carboxylic acids is 4. The average Bonchev–Trinajstić information content (AvgIpc) is 2.30. The van der Waals surface area contributed by atoms with E-state index in [0.29, 0.717) is 0 Å². The van der Waals surface area contributed by atoms with Crippen molar-refractivity contribution in [1.29, 1.82) is 0 Å². The molecule has 17 heavy (non-hydrogen) atoms. The predicted molar refractivity (Wildman–Crippen MR) is 55.1 cm³/mol. The van der Waals surface area contributed by atoms with Gasteiger partial charge in [0, 0.05) is 21.1 Å². The molecule has 5 heteroatoms. The zero-order valence-corrected chi connectivity index (χ0v) is 11.3. The molecule has 0 radical (unpaired) electrons. The van der Waals surface area contributed by atoms with Crippen molar-refractivity contribution in [2.75, 3.05) is 0 Å². The molecule has 0 aliphatic heterocycles. The van der Waals surface area contributed by atoms with Crippen LogP contribution in [-0.2, 0) is 40.2 Å². The van der Waals surface area contributed by atoms with Crippen molar-refractivity contribution in [1.82, 2.24) is 0 Å². The molecule has 0 saturated heterocycles. The summed E-state index contributed by atoms with van der Waals surface area (Å²) in [6.07, 6.45) is 4.76. The number of allylic oxidation sites excluding steroid dienone is 8. The molecule has 82 valence electrons.